The maximum atomic E-state index is 13.1. The van der Waals surface area contributed by atoms with Crippen LogP contribution in [0.1, 0.15) is 31.8 Å². The quantitative estimate of drug-likeness (QED) is 0.481. The Balaban J connectivity index is 1.59. The highest BCUT2D eigenvalue weighted by Crippen LogP contribution is 2.33. The third-order valence-corrected chi connectivity index (χ3v) is 4.88. The lowest BCUT2D eigenvalue weighted by Gasteiger charge is -2.20. The van der Waals surface area contributed by atoms with Crippen LogP contribution in [0.3, 0.4) is 0 Å². The molecule has 7 heteroatoms. The van der Waals surface area contributed by atoms with Crippen molar-refractivity contribution in [3.05, 3.63) is 95.1 Å². The summed E-state index contributed by atoms with van der Waals surface area (Å²) in [6.45, 7) is 0. The van der Waals surface area contributed by atoms with Crippen LogP contribution in [-0.4, -0.2) is 26.5 Å². The SMILES string of the molecule is Nc1nc(Nc2cccc3c2C(=O)c2ccccc2C3=O)nc(-c2ccccc2)n1. The minimum Gasteiger partial charge on any atom is -0.368 e. The number of benzene rings is 3. The maximum absolute atomic E-state index is 13.1. The molecule has 0 radical (unpaired) electrons. The Bertz CT molecular complexity index is 1320. The molecule has 5 rings (SSSR count). The average Bonchev–Trinajstić information content (AvgIpc) is 2.77. The number of fused-ring (bicyclic) bond motifs is 2. The molecule has 1 heterocycles. The predicted molar refractivity (Wildman–Crippen MR) is 113 cm³/mol. The summed E-state index contributed by atoms with van der Waals surface area (Å²) in [5, 5.41) is 3.05. The monoisotopic (exact) mass is 393 g/mol. The number of hydrogen-bond donors (Lipinski definition) is 2. The lowest BCUT2D eigenvalue weighted by atomic mass is 9.83. The number of nitrogen functional groups attached to an aromatic ring is 1. The van der Waals surface area contributed by atoms with Crippen LogP contribution in [0.5, 0.6) is 0 Å². The van der Waals surface area contributed by atoms with E-state index in [9.17, 15) is 9.59 Å². The Morgan fingerprint density at radius 3 is 2.10 bits per heavy atom. The van der Waals surface area contributed by atoms with Gasteiger partial charge in [-0.15, -0.1) is 0 Å². The second-order valence-electron chi connectivity index (χ2n) is 6.76. The van der Waals surface area contributed by atoms with Gasteiger partial charge in [-0.05, 0) is 6.07 Å². The molecule has 0 unspecified atom stereocenters. The van der Waals surface area contributed by atoms with Crippen LogP contribution in [0.4, 0.5) is 17.6 Å². The van der Waals surface area contributed by atoms with Gasteiger partial charge < -0.3 is 11.1 Å². The minimum atomic E-state index is -0.228. The van der Waals surface area contributed by atoms with Crippen LogP contribution in [0.2, 0.25) is 0 Å². The molecule has 3 N–H and O–H groups in total. The van der Waals surface area contributed by atoms with Gasteiger partial charge in [0.1, 0.15) is 0 Å². The number of nitrogens with two attached hydrogens (primary N) is 1. The molecule has 4 aromatic rings. The summed E-state index contributed by atoms with van der Waals surface area (Å²) >= 11 is 0. The fraction of sp³-hybridized carbons (Fsp3) is 0. The number of carbonyl (C=O) groups is 2. The molecule has 1 aliphatic carbocycles. The average molecular weight is 393 g/mol. The van der Waals surface area contributed by atoms with Crippen LogP contribution >= 0.6 is 0 Å². The van der Waals surface area contributed by atoms with Gasteiger partial charge in [-0.25, -0.2) is 0 Å². The summed E-state index contributed by atoms with van der Waals surface area (Å²) in [6, 6.07) is 21.2. The van der Waals surface area contributed by atoms with Gasteiger partial charge in [0.15, 0.2) is 17.4 Å². The molecule has 0 fully saturated rings. The van der Waals surface area contributed by atoms with Crippen molar-refractivity contribution < 1.29 is 9.59 Å². The Labute approximate surface area is 171 Å². The molecule has 30 heavy (non-hydrogen) atoms. The molecule has 3 aromatic carbocycles. The third kappa shape index (κ3) is 2.89. The summed E-state index contributed by atoms with van der Waals surface area (Å²) in [5.41, 5.74) is 8.51. The van der Waals surface area contributed by atoms with Crippen molar-refractivity contribution >= 4 is 29.2 Å². The molecular formula is C23H15N5O2. The minimum absolute atomic E-state index is 0.0453. The van der Waals surface area contributed by atoms with Crippen molar-refractivity contribution in [1.29, 1.82) is 0 Å². The number of aromatic nitrogens is 3. The van der Waals surface area contributed by atoms with Gasteiger partial charge in [0, 0.05) is 22.3 Å². The molecule has 1 aromatic heterocycles. The molecule has 0 atom stereocenters. The normalized spacial score (nSPS) is 12.3. The van der Waals surface area contributed by atoms with E-state index in [1.54, 1.807) is 42.5 Å². The van der Waals surface area contributed by atoms with E-state index in [0.717, 1.165) is 5.56 Å². The van der Waals surface area contributed by atoms with E-state index in [0.29, 0.717) is 33.8 Å². The van der Waals surface area contributed by atoms with E-state index in [1.807, 2.05) is 30.3 Å². The van der Waals surface area contributed by atoms with Crippen molar-refractivity contribution in [3.8, 4) is 11.4 Å². The van der Waals surface area contributed by atoms with Gasteiger partial charge in [-0.2, -0.15) is 15.0 Å². The van der Waals surface area contributed by atoms with Gasteiger partial charge >= 0.3 is 0 Å². The fourth-order valence-corrected chi connectivity index (χ4v) is 3.53. The highest BCUT2D eigenvalue weighted by molar-refractivity contribution is 6.30. The van der Waals surface area contributed by atoms with Gasteiger partial charge in [-0.3, -0.25) is 9.59 Å². The van der Waals surface area contributed by atoms with Gasteiger partial charge in [0.05, 0.1) is 11.3 Å². The molecule has 7 nitrogen and oxygen atoms in total. The number of carbonyl (C=O) groups excluding carboxylic acids is 2. The zero-order valence-corrected chi connectivity index (χ0v) is 15.7. The number of nitrogens with zero attached hydrogens (tertiary/aromatic N) is 3. The van der Waals surface area contributed by atoms with Gasteiger partial charge in [-0.1, -0.05) is 66.7 Å². The Morgan fingerprint density at radius 2 is 1.33 bits per heavy atom. The van der Waals surface area contributed by atoms with Crippen LogP contribution < -0.4 is 11.1 Å². The lowest BCUT2D eigenvalue weighted by Crippen LogP contribution is -2.22. The number of rotatable bonds is 3. The molecule has 0 amide bonds. The molecular weight excluding hydrogens is 378 g/mol. The summed E-state index contributed by atoms with van der Waals surface area (Å²) in [6.07, 6.45) is 0. The van der Waals surface area contributed by atoms with E-state index in [1.165, 1.54) is 0 Å². The van der Waals surface area contributed by atoms with Crippen LogP contribution in [0, 0.1) is 0 Å². The second-order valence-corrected chi connectivity index (χ2v) is 6.76. The molecule has 144 valence electrons. The first-order valence-corrected chi connectivity index (χ1v) is 9.27. The summed E-state index contributed by atoms with van der Waals surface area (Å²) < 4.78 is 0. The number of ketones is 2. The fourth-order valence-electron chi connectivity index (χ4n) is 3.53. The lowest BCUT2D eigenvalue weighted by molar-refractivity contribution is 0.0979. The van der Waals surface area contributed by atoms with Crippen LogP contribution in [0.25, 0.3) is 11.4 Å². The summed E-state index contributed by atoms with van der Waals surface area (Å²) in [4.78, 5) is 38.8. The molecule has 0 saturated heterocycles. The second kappa shape index (κ2) is 6.89. The van der Waals surface area contributed by atoms with E-state index in [4.69, 9.17) is 5.73 Å². The zero-order valence-electron chi connectivity index (χ0n) is 15.7. The molecule has 0 aliphatic heterocycles. The highest BCUT2D eigenvalue weighted by atomic mass is 16.1. The number of hydrogen-bond acceptors (Lipinski definition) is 7. The Morgan fingerprint density at radius 1 is 0.667 bits per heavy atom. The Hall–Kier alpha value is -4.39. The van der Waals surface area contributed by atoms with E-state index < -0.39 is 0 Å². The first-order valence-electron chi connectivity index (χ1n) is 9.27. The Kier molecular flexibility index (Phi) is 4.07. The highest BCUT2D eigenvalue weighted by Gasteiger charge is 2.31. The van der Waals surface area contributed by atoms with E-state index >= 15 is 0 Å². The van der Waals surface area contributed by atoms with E-state index in [-0.39, 0.29) is 23.5 Å². The van der Waals surface area contributed by atoms with Crippen molar-refractivity contribution in [2.45, 2.75) is 0 Å². The first kappa shape index (κ1) is 17.7. The van der Waals surface area contributed by atoms with Gasteiger partial charge in [0.2, 0.25) is 11.9 Å². The van der Waals surface area contributed by atoms with Crippen molar-refractivity contribution in [3.63, 3.8) is 0 Å². The standard InChI is InChI=1S/C23H15N5O2/c24-22-26-21(13-7-2-1-3-8-13)27-23(28-22)25-17-12-6-11-16-18(17)20(30)15-10-5-4-9-14(15)19(16)29/h1-12H,(H3,24,25,26,27,28). The van der Waals surface area contributed by atoms with Crippen molar-refractivity contribution in [2.75, 3.05) is 11.1 Å². The number of anilines is 3. The number of nitrogens with one attached hydrogen (secondary N) is 1. The summed E-state index contributed by atoms with van der Waals surface area (Å²) in [7, 11) is 0. The zero-order chi connectivity index (χ0) is 20.7. The molecule has 1 aliphatic rings. The largest absolute Gasteiger partial charge is 0.368 e. The molecule has 0 bridgehead atoms. The smallest absolute Gasteiger partial charge is 0.232 e. The predicted octanol–water partition coefficient (Wildman–Crippen LogP) is 3.64. The molecule has 0 spiro atoms. The van der Waals surface area contributed by atoms with Crippen LogP contribution in [0.15, 0.2) is 72.8 Å². The molecule has 0 saturated carbocycles. The van der Waals surface area contributed by atoms with Crippen molar-refractivity contribution in [2.24, 2.45) is 0 Å². The van der Waals surface area contributed by atoms with Crippen molar-refractivity contribution in [1.82, 2.24) is 15.0 Å². The van der Waals surface area contributed by atoms with Gasteiger partial charge in [0.25, 0.3) is 0 Å². The third-order valence-electron chi connectivity index (χ3n) is 4.88. The maximum Gasteiger partial charge on any atom is 0.232 e. The van der Waals surface area contributed by atoms with Crippen LogP contribution in [-0.2, 0) is 0 Å². The topological polar surface area (TPSA) is 111 Å². The first-order chi connectivity index (χ1) is 14.6. The summed E-state index contributed by atoms with van der Waals surface area (Å²) in [5.74, 6) is 0.221. The van der Waals surface area contributed by atoms with E-state index in [2.05, 4.69) is 20.3 Å².